The number of nitrogens with one attached hydrogen (secondary N) is 2. The van der Waals surface area contributed by atoms with Gasteiger partial charge in [0.15, 0.2) is 0 Å². The fourth-order valence-electron chi connectivity index (χ4n) is 2.41. The summed E-state index contributed by atoms with van der Waals surface area (Å²) in [5.74, 6) is 0.751. The molecule has 0 saturated heterocycles. The summed E-state index contributed by atoms with van der Waals surface area (Å²) < 4.78 is 10.6. The maximum Gasteiger partial charge on any atom is 0.287 e. The smallest absolute Gasteiger partial charge is 0.287 e. The molecule has 7 heteroatoms. The lowest BCUT2D eigenvalue weighted by molar-refractivity contribution is 0.0940. The maximum absolute atomic E-state index is 12.2. The van der Waals surface area contributed by atoms with Gasteiger partial charge in [-0.25, -0.2) is 0 Å². The Morgan fingerprint density at radius 3 is 2.92 bits per heavy atom. The molecule has 7 nitrogen and oxygen atoms in total. The number of hydrogen-bond acceptors (Lipinski definition) is 5. The zero-order valence-corrected chi connectivity index (χ0v) is 13.6. The van der Waals surface area contributed by atoms with Gasteiger partial charge in [-0.1, -0.05) is 12.1 Å². The summed E-state index contributed by atoms with van der Waals surface area (Å²) in [6.45, 7) is 3.81. The predicted molar refractivity (Wildman–Crippen MR) is 88.3 cm³/mol. The third kappa shape index (κ3) is 2.88. The lowest BCUT2D eigenvalue weighted by Crippen LogP contribution is -2.27. The Hall–Kier alpha value is -3.09. The van der Waals surface area contributed by atoms with Gasteiger partial charge in [0.25, 0.3) is 11.5 Å². The summed E-state index contributed by atoms with van der Waals surface area (Å²) >= 11 is 0. The molecule has 2 heterocycles. The van der Waals surface area contributed by atoms with E-state index < -0.39 is 5.91 Å². The Balaban J connectivity index is 1.82. The number of H-pyrrole nitrogens is 1. The van der Waals surface area contributed by atoms with Gasteiger partial charge in [-0.15, -0.1) is 0 Å². The van der Waals surface area contributed by atoms with Crippen LogP contribution in [0.3, 0.4) is 0 Å². The van der Waals surface area contributed by atoms with Crippen molar-refractivity contribution >= 4 is 17.0 Å². The van der Waals surface area contributed by atoms with Crippen LogP contribution in [-0.2, 0) is 6.54 Å². The van der Waals surface area contributed by atoms with Crippen molar-refractivity contribution in [3.63, 3.8) is 0 Å². The monoisotopic (exact) mass is 327 g/mol. The van der Waals surface area contributed by atoms with Crippen molar-refractivity contribution < 1.29 is 13.9 Å². The van der Waals surface area contributed by atoms with Gasteiger partial charge in [-0.3, -0.25) is 9.59 Å². The van der Waals surface area contributed by atoms with Crippen LogP contribution in [-0.4, -0.2) is 23.0 Å². The normalized spacial score (nSPS) is 10.8. The SMILES string of the molecule is COc1cccc(CNC(=O)c2nc3oc(C)c(C)c3c(=O)[nH]2)c1. The number of benzene rings is 1. The van der Waals surface area contributed by atoms with Gasteiger partial charge < -0.3 is 19.5 Å². The molecule has 3 rings (SSSR count). The average molecular weight is 327 g/mol. The molecule has 0 radical (unpaired) electrons. The number of aromatic nitrogens is 2. The second kappa shape index (κ2) is 6.19. The number of methoxy groups -OCH3 is 1. The van der Waals surface area contributed by atoms with Crippen molar-refractivity contribution in [2.24, 2.45) is 0 Å². The van der Waals surface area contributed by atoms with Gasteiger partial charge in [0.05, 0.1) is 7.11 Å². The molecule has 0 unspecified atom stereocenters. The third-order valence-corrected chi connectivity index (χ3v) is 3.84. The Labute approximate surface area is 137 Å². The number of hydrogen-bond donors (Lipinski definition) is 2. The molecule has 1 amide bonds. The van der Waals surface area contributed by atoms with E-state index in [1.54, 1.807) is 21.0 Å². The number of fused-ring (bicyclic) bond motifs is 1. The van der Waals surface area contributed by atoms with E-state index in [0.29, 0.717) is 16.9 Å². The fourth-order valence-corrected chi connectivity index (χ4v) is 2.41. The van der Waals surface area contributed by atoms with Crippen LogP contribution >= 0.6 is 0 Å². The lowest BCUT2D eigenvalue weighted by Gasteiger charge is -2.06. The second-order valence-electron chi connectivity index (χ2n) is 5.41. The Kier molecular flexibility index (Phi) is 4.07. The first-order valence-corrected chi connectivity index (χ1v) is 7.40. The van der Waals surface area contributed by atoms with E-state index in [0.717, 1.165) is 11.1 Å². The van der Waals surface area contributed by atoms with Crippen molar-refractivity contribution in [1.82, 2.24) is 15.3 Å². The topological polar surface area (TPSA) is 97.2 Å². The zero-order chi connectivity index (χ0) is 17.3. The molecule has 0 atom stereocenters. The van der Waals surface area contributed by atoms with Crippen LogP contribution in [0.15, 0.2) is 33.5 Å². The van der Waals surface area contributed by atoms with E-state index in [1.165, 1.54) is 0 Å². The molecule has 24 heavy (non-hydrogen) atoms. The predicted octanol–water partition coefficient (Wildman–Crippen LogP) is 2.07. The number of carbonyl (C=O) groups is 1. The van der Waals surface area contributed by atoms with Crippen LogP contribution in [0.4, 0.5) is 0 Å². The standard InChI is InChI=1S/C17H17N3O4/c1-9-10(2)24-17-13(9)15(21)19-14(20-17)16(22)18-8-11-5-4-6-12(7-11)23-3/h4-7H,8H2,1-3H3,(H,18,22)(H,19,20,21). The zero-order valence-electron chi connectivity index (χ0n) is 13.6. The largest absolute Gasteiger partial charge is 0.497 e. The molecular weight excluding hydrogens is 310 g/mol. The molecular formula is C17H17N3O4. The van der Waals surface area contributed by atoms with Gasteiger partial charge in [0.1, 0.15) is 16.9 Å². The molecule has 0 fully saturated rings. The van der Waals surface area contributed by atoms with Crippen LogP contribution in [0, 0.1) is 13.8 Å². The number of furan rings is 1. The van der Waals surface area contributed by atoms with Crippen LogP contribution in [0.5, 0.6) is 5.75 Å². The summed E-state index contributed by atoms with van der Waals surface area (Å²) in [6, 6.07) is 7.33. The molecule has 3 aromatic rings. The molecule has 2 N–H and O–H groups in total. The number of carbonyl (C=O) groups excluding carboxylic acids is 1. The molecule has 0 bridgehead atoms. The number of aromatic amines is 1. The quantitative estimate of drug-likeness (QED) is 0.764. The second-order valence-corrected chi connectivity index (χ2v) is 5.41. The first-order chi connectivity index (χ1) is 11.5. The average Bonchev–Trinajstić information content (AvgIpc) is 2.87. The van der Waals surface area contributed by atoms with Crippen molar-refractivity contribution in [3.05, 3.63) is 57.3 Å². The number of amides is 1. The number of ether oxygens (including phenoxy) is 1. The number of nitrogens with zero attached hydrogens (tertiary/aromatic N) is 1. The molecule has 0 aliphatic rings. The highest BCUT2D eigenvalue weighted by molar-refractivity contribution is 5.92. The molecule has 0 aliphatic carbocycles. The van der Waals surface area contributed by atoms with Crippen LogP contribution in [0.1, 0.15) is 27.5 Å². The van der Waals surface area contributed by atoms with E-state index >= 15 is 0 Å². The third-order valence-electron chi connectivity index (χ3n) is 3.84. The first-order valence-electron chi connectivity index (χ1n) is 7.40. The van der Waals surface area contributed by atoms with Crippen molar-refractivity contribution in [3.8, 4) is 5.75 Å². The van der Waals surface area contributed by atoms with Gasteiger partial charge >= 0.3 is 0 Å². The van der Waals surface area contributed by atoms with Crippen molar-refractivity contribution in [1.29, 1.82) is 0 Å². The minimum atomic E-state index is -0.483. The Morgan fingerprint density at radius 2 is 2.17 bits per heavy atom. The van der Waals surface area contributed by atoms with E-state index in [1.807, 2.05) is 24.3 Å². The summed E-state index contributed by atoms with van der Waals surface area (Å²) in [5.41, 5.74) is 1.37. The van der Waals surface area contributed by atoms with E-state index in [9.17, 15) is 9.59 Å². The molecule has 0 spiro atoms. The van der Waals surface area contributed by atoms with Gasteiger partial charge in [0, 0.05) is 12.1 Å². The number of rotatable bonds is 4. The maximum atomic E-state index is 12.2. The summed E-state index contributed by atoms with van der Waals surface area (Å²) in [6.07, 6.45) is 0. The van der Waals surface area contributed by atoms with Crippen LogP contribution in [0.2, 0.25) is 0 Å². The fraction of sp³-hybridized carbons (Fsp3) is 0.235. The van der Waals surface area contributed by atoms with E-state index in [4.69, 9.17) is 9.15 Å². The minimum absolute atomic E-state index is 0.0795. The number of aryl methyl sites for hydroxylation is 2. The van der Waals surface area contributed by atoms with Crippen molar-refractivity contribution in [2.75, 3.05) is 7.11 Å². The van der Waals surface area contributed by atoms with Gasteiger partial charge in [-0.05, 0) is 31.5 Å². The Bertz CT molecular complexity index is 972. The summed E-state index contributed by atoms with van der Waals surface area (Å²) in [4.78, 5) is 31.0. The van der Waals surface area contributed by atoms with Gasteiger partial charge in [-0.2, -0.15) is 4.98 Å². The molecule has 0 saturated carbocycles. The lowest BCUT2D eigenvalue weighted by atomic mass is 10.2. The summed E-state index contributed by atoms with van der Waals surface area (Å²) in [7, 11) is 1.58. The van der Waals surface area contributed by atoms with Crippen LogP contribution in [0.25, 0.3) is 11.1 Å². The van der Waals surface area contributed by atoms with Crippen molar-refractivity contribution in [2.45, 2.75) is 20.4 Å². The summed E-state index contributed by atoms with van der Waals surface area (Å²) in [5, 5.41) is 3.08. The highest BCUT2D eigenvalue weighted by Crippen LogP contribution is 2.19. The molecule has 1 aromatic carbocycles. The molecule has 2 aromatic heterocycles. The van der Waals surface area contributed by atoms with E-state index in [2.05, 4.69) is 15.3 Å². The Morgan fingerprint density at radius 1 is 1.38 bits per heavy atom. The first kappa shape index (κ1) is 15.8. The van der Waals surface area contributed by atoms with Crippen LogP contribution < -0.4 is 15.6 Å². The van der Waals surface area contributed by atoms with E-state index in [-0.39, 0.29) is 23.6 Å². The highest BCUT2D eigenvalue weighted by Gasteiger charge is 2.16. The highest BCUT2D eigenvalue weighted by atomic mass is 16.5. The molecule has 124 valence electrons. The minimum Gasteiger partial charge on any atom is -0.497 e. The molecule has 0 aliphatic heterocycles. The van der Waals surface area contributed by atoms with Gasteiger partial charge in [0.2, 0.25) is 11.5 Å².